The van der Waals surface area contributed by atoms with Gasteiger partial charge in [-0.15, -0.1) is 0 Å². The van der Waals surface area contributed by atoms with E-state index in [1.54, 1.807) is 17.0 Å². The number of aryl methyl sites for hydroxylation is 2. The van der Waals surface area contributed by atoms with Gasteiger partial charge in [0.25, 0.3) is 11.7 Å². The summed E-state index contributed by atoms with van der Waals surface area (Å²) in [5.41, 5.74) is 3.31. The zero-order chi connectivity index (χ0) is 23.4. The van der Waals surface area contributed by atoms with Crippen molar-refractivity contribution >= 4 is 17.4 Å². The van der Waals surface area contributed by atoms with Crippen LogP contribution >= 0.6 is 0 Å². The highest BCUT2D eigenvalue weighted by Crippen LogP contribution is 2.40. The van der Waals surface area contributed by atoms with Crippen LogP contribution < -0.4 is 4.74 Å². The number of hydrogen-bond donors (Lipinski definition) is 1. The van der Waals surface area contributed by atoms with Gasteiger partial charge in [-0.05, 0) is 63.7 Å². The number of ketones is 1. The summed E-state index contributed by atoms with van der Waals surface area (Å²) in [6.45, 7) is 7.48. The first-order valence-corrected chi connectivity index (χ1v) is 11.0. The number of aliphatic hydroxyl groups excluding tert-OH is 1. The first-order valence-electron chi connectivity index (χ1n) is 11.0. The number of Topliss-reactive ketones (excluding diaryl/α,β-unsaturated/α-hetero) is 1. The van der Waals surface area contributed by atoms with Gasteiger partial charge in [0.15, 0.2) is 0 Å². The first kappa shape index (κ1) is 23.5. The third kappa shape index (κ3) is 4.86. The summed E-state index contributed by atoms with van der Waals surface area (Å²) in [7, 11) is 3.84. The molecule has 0 bridgehead atoms. The van der Waals surface area contributed by atoms with Crippen LogP contribution in [0, 0.1) is 13.8 Å². The number of aliphatic hydroxyl groups is 1. The molecule has 0 aromatic heterocycles. The Morgan fingerprint density at radius 2 is 1.78 bits per heavy atom. The Balaban J connectivity index is 2.10. The summed E-state index contributed by atoms with van der Waals surface area (Å²) in [4.78, 5) is 29.6. The lowest BCUT2D eigenvalue weighted by atomic mass is 9.93. The highest BCUT2D eigenvalue weighted by Gasteiger charge is 2.46. The van der Waals surface area contributed by atoms with E-state index < -0.39 is 17.7 Å². The summed E-state index contributed by atoms with van der Waals surface area (Å²) < 4.78 is 5.68. The van der Waals surface area contributed by atoms with Gasteiger partial charge < -0.3 is 19.6 Å². The van der Waals surface area contributed by atoms with Gasteiger partial charge in [0, 0.05) is 18.7 Å². The Morgan fingerprint density at radius 1 is 1.09 bits per heavy atom. The molecule has 1 heterocycles. The van der Waals surface area contributed by atoms with Crippen molar-refractivity contribution in [2.45, 2.75) is 33.2 Å². The van der Waals surface area contributed by atoms with E-state index in [0.717, 1.165) is 23.1 Å². The lowest BCUT2D eigenvalue weighted by molar-refractivity contribution is -0.140. The smallest absolute Gasteiger partial charge is 0.295 e. The molecule has 6 nitrogen and oxygen atoms in total. The minimum atomic E-state index is -0.655. The molecule has 170 valence electrons. The van der Waals surface area contributed by atoms with E-state index >= 15 is 0 Å². The van der Waals surface area contributed by atoms with Crippen LogP contribution in [0.5, 0.6) is 5.75 Å². The SMILES string of the molecule is CCCOc1ccc(C(O)=C2C(=O)C(=O)N(CCN(C)C)C2c2ccc(C)cc2)c(C)c1. The molecule has 0 saturated carbocycles. The molecule has 1 aliphatic rings. The average Bonchev–Trinajstić information content (AvgIpc) is 3.01. The average molecular weight is 437 g/mol. The molecule has 0 aliphatic carbocycles. The van der Waals surface area contributed by atoms with Crippen LogP contribution in [-0.2, 0) is 9.59 Å². The van der Waals surface area contributed by atoms with Crippen LogP contribution in [0.1, 0.15) is 41.6 Å². The number of likely N-dealkylation sites (N-methyl/N-ethyl adjacent to an activating group) is 1. The third-order valence-corrected chi connectivity index (χ3v) is 5.65. The van der Waals surface area contributed by atoms with Crippen LogP contribution in [0.15, 0.2) is 48.0 Å². The number of carbonyl (C=O) groups is 2. The van der Waals surface area contributed by atoms with Crippen LogP contribution in [0.3, 0.4) is 0 Å². The Bertz CT molecular complexity index is 1020. The van der Waals surface area contributed by atoms with Crippen molar-refractivity contribution in [3.05, 3.63) is 70.3 Å². The normalized spacial score (nSPS) is 17.9. The van der Waals surface area contributed by atoms with E-state index in [9.17, 15) is 14.7 Å². The van der Waals surface area contributed by atoms with Crippen molar-refractivity contribution in [3.63, 3.8) is 0 Å². The summed E-state index contributed by atoms with van der Waals surface area (Å²) in [5, 5.41) is 11.3. The zero-order valence-corrected chi connectivity index (χ0v) is 19.5. The maximum absolute atomic E-state index is 13.1. The minimum Gasteiger partial charge on any atom is -0.507 e. The Morgan fingerprint density at radius 3 is 2.38 bits per heavy atom. The van der Waals surface area contributed by atoms with E-state index in [1.165, 1.54) is 0 Å². The number of carbonyl (C=O) groups excluding carboxylic acids is 2. The van der Waals surface area contributed by atoms with Gasteiger partial charge in [-0.1, -0.05) is 36.8 Å². The van der Waals surface area contributed by atoms with Gasteiger partial charge >= 0.3 is 0 Å². The predicted molar refractivity (Wildman–Crippen MR) is 126 cm³/mol. The zero-order valence-electron chi connectivity index (χ0n) is 19.5. The fraction of sp³-hybridized carbons (Fsp3) is 0.385. The number of nitrogens with zero attached hydrogens (tertiary/aromatic N) is 2. The van der Waals surface area contributed by atoms with Crippen molar-refractivity contribution in [1.82, 2.24) is 9.80 Å². The first-order chi connectivity index (χ1) is 15.2. The van der Waals surface area contributed by atoms with Gasteiger partial charge in [-0.25, -0.2) is 0 Å². The Labute approximate surface area is 190 Å². The molecule has 1 saturated heterocycles. The molecule has 1 amide bonds. The molecular weight excluding hydrogens is 404 g/mol. The van der Waals surface area contributed by atoms with E-state index in [1.807, 2.05) is 70.1 Å². The highest BCUT2D eigenvalue weighted by atomic mass is 16.5. The number of likely N-dealkylation sites (tertiary alicyclic amines) is 1. The number of amides is 1. The molecule has 6 heteroatoms. The monoisotopic (exact) mass is 436 g/mol. The summed E-state index contributed by atoms with van der Waals surface area (Å²) in [6, 6.07) is 12.5. The predicted octanol–water partition coefficient (Wildman–Crippen LogP) is 4.08. The second kappa shape index (κ2) is 10.0. The van der Waals surface area contributed by atoms with E-state index in [-0.39, 0.29) is 11.3 Å². The lowest BCUT2D eigenvalue weighted by Gasteiger charge is -2.26. The van der Waals surface area contributed by atoms with Crippen LogP contribution in [0.25, 0.3) is 5.76 Å². The molecule has 1 atom stereocenters. The van der Waals surface area contributed by atoms with Gasteiger partial charge in [-0.2, -0.15) is 0 Å². The Kier molecular flexibility index (Phi) is 7.36. The van der Waals surface area contributed by atoms with Gasteiger partial charge in [0.1, 0.15) is 11.5 Å². The second-order valence-corrected chi connectivity index (χ2v) is 8.53. The summed E-state index contributed by atoms with van der Waals surface area (Å²) in [6.07, 6.45) is 0.897. The van der Waals surface area contributed by atoms with Crippen molar-refractivity contribution in [2.75, 3.05) is 33.8 Å². The molecule has 3 rings (SSSR count). The quantitative estimate of drug-likeness (QED) is 0.384. The lowest BCUT2D eigenvalue weighted by Crippen LogP contribution is -2.35. The highest BCUT2D eigenvalue weighted by molar-refractivity contribution is 6.46. The summed E-state index contributed by atoms with van der Waals surface area (Å²) >= 11 is 0. The second-order valence-electron chi connectivity index (χ2n) is 8.53. The fourth-order valence-electron chi connectivity index (χ4n) is 3.87. The maximum atomic E-state index is 13.1. The largest absolute Gasteiger partial charge is 0.507 e. The molecule has 1 N–H and O–H groups in total. The van der Waals surface area contributed by atoms with Crippen LogP contribution in [0.2, 0.25) is 0 Å². The van der Waals surface area contributed by atoms with Crippen molar-refractivity contribution in [2.24, 2.45) is 0 Å². The topological polar surface area (TPSA) is 70.1 Å². The Hall–Kier alpha value is -3.12. The molecule has 2 aromatic carbocycles. The number of rotatable bonds is 8. The minimum absolute atomic E-state index is 0.128. The molecule has 1 aliphatic heterocycles. The number of benzene rings is 2. The van der Waals surface area contributed by atoms with E-state index in [0.29, 0.717) is 31.0 Å². The molecule has 0 spiro atoms. The molecule has 0 radical (unpaired) electrons. The van der Waals surface area contributed by atoms with Crippen LogP contribution in [-0.4, -0.2) is 60.4 Å². The van der Waals surface area contributed by atoms with E-state index in [2.05, 4.69) is 0 Å². The van der Waals surface area contributed by atoms with Gasteiger partial charge in [0.2, 0.25) is 0 Å². The molecule has 1 unspecified atom stereocenters. The summed E-state index contributed by atoms with van der Waals surface area (Å²) in [5.74, 6) is -0.680. The molecule has 32 heavy (non-hydrogen) atoms. The maximum Gasteiger partial charge on any atom is 0.295 e. The van der Waals surface area contributed by atoms with Crippen molar-refractivity contribution in [1.29, 1.82) is 0 Å². The molecule has 2 aromatic rings. The van der Waals surface area contributed by atoms with E-state index in [4.69, 9.17) is 4.74 Å². The van der Waals surface area contributed by atoms with Crippen molar-refractivity contribution in [3.8, 4) is 5.75 Å². The van der Waals surface area contributed by atoms with Gasteiger partial charge in [-0.3, -0.25) is 9.59 Å². The fourth-order valence-corrected chi connectivity index (χ4v) is 3.87. The van der Waals surface area contributed by atoms with Crippen molar-refractivity contribution < 1.29 is 19.4 Å². The number of ether oxygens (including phenoxy) is 1. The third-order valence-electron chi connectivity index (χ3n) is 5.65. The number of hydrogen-bond acceptors (Lipinski definition) is 5. The van der Waals surface area contributed by atoms with Gasteiger partial charge in [0.05, 0.1) is 18.2 Å². The van der Waals surface area contributed by atoms with Crippen LogP contribution in [0.4, 0.5) is 0 Å². The molecule has 1 fully saturated rings. The molecular formula is C26H32N2O4. The standard InChI is InChI=1S/C26H32N2O4/c1-6-15-32-20-11-12-21(18(3)16-20)24(29)22-23(19-9-7-17(2)8-10-19)28(14-13-27(4)5)26(31)25(22)30/h7-12,16,23,29H,6,13-15H2,1-5H3.